The normalized spacial score (nSPS) is 15.0. The van der Waals surface area contributed by atoms with Crippen molar-refractivity contribution in [1.29, 1.82) is 10.7 Å². The Morgan fingerprint density at radius 1 is 1.23 bits per heavy atom. The van der Waals surface area contributed by atoms with E-state index in [1.807, 2.05) is 36.4 Å². The number of aromatic nitrogens is 1. The molecule has 0 aliphatic heterocycles. The molecule has 2 aromatic carbocycles. The van der Waals surface area contributed by atoms with Crippen molar-refractivity contribution in [2.75, 3.05) is 18.2 Å². The molecule has 0 spiro atoms. The standard InChI is InChI=1S/C24H23N5O/c1-30-23-12-17(9-10-28-23)24(27)20-13-18(6-8-21(20)26)29-22-4-2-3-16-11-15(14-25)5-7-19(16)22/h5-13,22,27,29H,2-4,26H2,1H3. The molecule has 0 radical (unpaired) electrons. The highest BCUT2D eigenvalue weighted by atomic mass is 16.5. The van der Waals surface area contributed by atoms with Gasteiger partial charge in [-0.05, 0) is 66.8 Å². The summed E-state index contributed by atoms with van der Waals surface area (Å²) in [4.78, 5) is 4.10. The number of nitrogens with zero attached hydrogens (tertiary/aromatic N) is 2. The Morgan fingerprint density at radius 3 is 2.90 bits per heavy atom. The van der Waals surface area contributed by atoms with Crippen molar-refractivity contribution in [3.63, 3.8) is 0 Å². The molecule has 0 fully saturated rings. The van der Waals surface area contributed by atoms with Crippen molar-refractivity contribution < 1.29 is 4.74 Å². The van der Waals surface area contributed by atoms with Crippen LogP contribution >= 0.6 is 0 Å². The van der Waals surface area contributed by atoms with Gasteiger partial charge in [-0.2, -0.15) is 5.26 Å². The van der Waals surface area contributed by atoms with E-state index in [1.54, 1.807) is 25.4 Å². The summed E-state index contributed by atoms with van der Waals surface area (Å²) in [5, 5.41) is 21.4. The minimum atomic E-state index is 0.160. The molecule has 30 heavy (non-hydrogen) atoms. The molecule has 0 bridgehead atoms. The van der Waals surface area contributed by atoms with Gasteiger partial charge >= 0.3 is 0 Å². The Kier molecular flexibility index (Phi) is 5.36. The van der Waals surface area contributed by atoms with E-state index >= 15 is 0 Å². The number of nitriles is 1. The van der Waals surface area contributed by atoms with Crippen LogP contribution in [0.3, 0.4) is 0 Å². The first-order valence-corrected chi connectivity index (χ1v) is 9.87. The van der Waals surface area contributed by atoms with E-state index in [0.29, 0.717) is 34.0 Å². The number of fused-ring (bicyclic) bond motifs is 1. The number of pyridine rings is 1. The Balaban J connectivity index is 1.62. The molecule has 1 atom stereocenters. The number of methoxy groups -OCH3 is 1. The smallest absolute Gasteiger partial charge is 0.213 e. The Morgan fingerprint density at radius 2 is 2.10 bits per heavy atom. The zero-order valence-electron chi connectivity index (χ0n) is 16.8. The molecular formula is C24H23N5O. The summed E-state index contributed by atoms with van der Waals surface area (Å²) in [7, 11) is 1.55. The lowest BCUT2D eigenvalue weighted by molar-refractivity contribution is 0.398. The van der Waals surface area contributed by atoms with Crippen molar-refractivity contribution in [3.8, 4) is 11.9 Å². The molecule has 1 heterocycles. The van der Waals surface area contributed by atoms with Crippen LogP contribution in [-0.4, -0.2) is 17.8 Å². The SMILES string of the molecule is COc1cc(C(=N)c2cc(NC3CCCc4cc(C#N)ccc43)ccc2N)ccn1. The van der Waals surface area contributed by atoms with E-state index in [9.17, 15) is 0 Å². The average Bonchev–Trinajstić information content (AvgIpc) is 2.79. The monoisotopic (exact) mass is 397 g/mol. The first-order valence-electron chi connectivity index (χ1n) is 9.87. The summed E-state index contributed by atoms with van der Waals surface area (Å²) < 4.78 is 5.17. The molecule has 6 nitrogen and oxygen atoms in total. The van der Waals surface area contributed by atoms with Crippen LogP contribution in [0.15, 0.2) is 54.7 Å². The van der Waals surface area contributed by atoms with Gasteiger partial charge in [-0.25, -0.2) is 4.98 Å². The minimum Gasteiger partial charge on any atom is -0.481 e. The van der Waals surface area contributed by atoms with Crippen molar-refractivity contribution in [3.05, 3.63) is 82.5 Å². The van der Waals surface area contributed by atoms with Gasteiger partial charge in [0, 0.05) is 34.8 Å². The van der Waals surface area contributed by atoms with Crippen LogP contribution < -0.4 is 15.8 Å². The number of ether oxygens (including phenoxy) is 1. The number of nitrogens with one attached hydrogen (secondary N) is 2. The number of benzene rings is 2. The maximum absolute atomic E-state index is 9.17. The van der Waals surface area contributed by atoms with E-state index in [-0.39, 0.29) is 6.04 Å². The number of rotatable bonds is 5. The molecule has 0 amide bonds. The summed E-state index contributed by atoms with van der Waals surface area (Å²) >= 11 is 0. The molecule has 0 saturated heterocycles. The first kappa shape index (κ1) is 19.5. The molecule has 150 valence electrons. The molecule has 0 saturated carbocycles. The van der Waals surface area contributed by atoms with Gasteiger partial charge < -0.3 is 15.8 Å². The van der Waals surface area contributed by atoms with Crippen molar-refractivity contribution >= 4 is 17.1 Å². The van der Waals surface area contributed by atoms with Crippen LogP contribution in [0.4, 0.5) is 11.4 Å². The first-order chi connectivity index (χ1) is 14.6. The van der Waals surface area contributed by atoms with E-state index in [0.717, 1.165) is 24.9 Å². The third kappa shape index (κ3) is 3.83. The highest BCUT2D eigenvalue weighted by molar-refractivity contribution is 6.14. The van der Waals surface area contributed by atoms with Gasteiger partial charge in [0.25, 0.3) is 0 Å². The Bertz CT molecular complexity index is 1150. The molecule has 4 rings (SSSR count). The van der Waals surface area contributed by atoms with Gasteiger partial charge in [0.15, 0.2) is 0 Å². The lowest BCUT2D eigenvalue weighted by Gasteiger charge is -2.27. The maximum Gasteiger partial charge on any atom is 0.213 e. The molecule has 1 aliphatic carbocycles. The Hall–Kier alpha value is -3.85. The van der Waals surface area contributed by atoms with E-state index < -0.39 is 0 Å². The van der Waals surface area contributed by atoms with Crippen molar-refractivity contribution in [2.24, 2.45) is 0 Å². The Labute approximate surface area is 175 Å². The second-order valence-electron chi connectivity index (χ2n) is 7.38. The molecule has 3 aromatic rings. The van der Waals surface area contributed by atoms with E-state index in [2.05, 4.69) is 16.4 Å². The molecule has 4 N–H and O–H groups in total. The van der Waals surface area contributed by atoms with Gasteiger partial charge in [0.1, 0.15) is 0 Å². The van der Waals surface area contributed by atoms with Crippen LogP contribution in [0.2, 0.25) is 0 Å². The predicted molar refractivity (Wildman–Crippen MR) is 118 cm³/mol. The summed E-state index contributed by atoms with van der Waals surface area (Å²) in [5.74, 6) is 0.459. The fourth-order valence-corrected chi connectivity index (χ4v) is 3.93. The van der Waals surface area contributed by atoms with Gasteiger partial charge in [0.05, 0.1) is 30.5 Å². The molecule has 1 aromatic heterocycles. The van der Waals surface area contributed by atoms with Crippen molar-refractivity contribution in [1.82, 2.24) is 4.98 Å². The predicted octanol–water partition coefficient (Wildman–Crippen LogP) is 4.45. The summed E-state index contributed by atoms with van der Waals surface area (Å²) in [6.45, 7) is 0. The number of anilines is 2. The van der Waals surface area contributed by atoms with Crippen LogP contribution in [0.1, 0.15) is 46.7 Å². The lowest BCUT2D eigenvalue weighted by atomic mass is 9.86. The highest BCUT2D eigenvalue weighted by Gasteiger charge is 2.21. The number of nitrogens with two attached hydrogens (primary N) is 1. The third-order valence-corrected chi connectivity index (χ3v) is 5.48. The summed E-state index contributed by atoms with van der Waals surface area (Å²) in [6.07, 6.45) is 4.69. The largest absolute Gasteiger partial charge is 0.481 e. The van der Waals surface area contributed by atoms with Crippen LogP contribution in [0, 0.1) is 16.7 Å². The van der Waals surface area contributed by atoms with Crippen LogP contribution in [0.25, 0.3) is 0 Å². The molecule has 1 aliphatic rings. The second kappa shape index (κ2) is 8.26. The highest BCUT2D eigenvalue weighted by Crippen LogP contribution is 2.34. The van der Waals surface area contributed by atoms with Gasteiger partial charge in [-0.1, -0.05) is 6.07 Å². The van der Waals surface area contributed by atoms with E-state index in [4.69, 9.17) is 21.1 Å². The molecule has 6 heteroatoms. The summed E-state index contributed by atoms with van der Waals surface area (Å²) in [6, 6.07) is 17.5. The quantitative estimate of drug-likeness (QED) is 0.435. The van der Waals surface area contributed by atoms with Crippen molar-refractivity contribution in [2.45, 2.75) is 25.3 Å². The maximum atomic E-state index is 9.17. The number of hydrogen-bond donors (Lipinski definition) is 3. The molecular weight excluding hydrogens is 374 g/mol. The summed E-state index contributed by atoms with van der Waals surface area (Å²) in [5.41, 5.74) is 12.5. The van der Waals surface area contributed by atoms with Gasteiger partial charge in [0.2, 0.25) is 5.88 Å². The fourth-order valence-electron chi connectivity index (χ4n) is 3.93. The second-order valence-corrected chi connectivity index (χ2v) is 7.38. The van der Waals surface area contributed by atoms with Gasteiger partial charge in [-0.3, -0.25) is 5.41 Å². The molecule has 1 unspecified atom stereocenters. The zero-order chi connectivity index (χ0) is 21.1. The number of nitrogen functional groups attached to an aromatic ring is 1. The zero-order valence-corrected chi connectivity index (χ0v) is 16.8. The minimum absolute atomic E-state index is 0.160. The third-order valence-electron chi connectivity index (χ3n) is 5.48. The fraction of sp³-hybridized carbons (Fsp3) is 0.208. The van der Waals surface area contributed by atoms with Gasteiger partial charge in [-0.15, -0.1) is 0 Å². The number of hydrogen-bond acceptors (Lipinski definition) is 6. The number of aryl methyl sites for hydroxylation is 1. The topological polar surface area (TPSA) is 108 Å². The van der Waals surface area contributed by atoms with Crippen LogP contribution in [-0.2, 0) is 6.42 Å². The van der Waals surface area contributed by atoms with E-state index in [1.165, 1.54) is 11.1 Å². The average molecular weight is 397 g/mol. The lowest BCUT2D eigenvalue weighted by Crippen LogP contribution is -2.18. The van der Waals surface area contributed by atoms with Crippen LogP contribution in [0.5, 0.6) is 5.88 Å².